The van der Waals surface area contributed by atoms with Crippen LogP contribution in [0.25, 0.3) is 10.8 Å². The fraction of sp³-hybridized carbons (Fsp3) is 0.375. The van der Waals surface area contributed by atoms with E-state index in [2.05, 4.69) is 15.3 Å². The van der Waals surface area contributed by atoms with E-state index in [4.69, 9.17) is 0 Å². The number of nitrogens with zero attached hydrogens (tertiary/aromatic N) is 4. The number of nitrogens with one attached hydrogen (secondary N) is 1. The van der Waals surface area contributed by atoms with Gasteiger partial charge in [0.2, 0.25) is 10.0 Å². The zero-order valence-corrected chi connectivity index (χ0v) is 20.4. The quantitative estimate of drug-likeness (QED) is 0.577. The maximum atomic E-state index is 13.1. The van der Waals surface area contributed by atoms with Gasteiger partial charge in [-0.3, -0.25) is 9.59 Å². The molecule has 2 aromatic carbocycles. The van der Waals surface area contributed by atoms with Gasteiger partial charge < -0.3 is 10.2 Å². The molecule has 2 heterocycles. The Morgan fingerprint density at radius 2 is 1.62 bits per heavy atom. The van der Waals surface area contributed by atoms with E-state index in [1.807, 2.05) is 20.9 Å². The number of fused-ring (bicyclic) bond motifs is 1. The number of anilines is 1. The normalized spacial score (nSPS) is 15.6. The maximum Gasteiger partial charge on any atom is 0.276 e. The summed E-state index contributed by atoms with van der Waals surface area (Å²) in [5.74, 6) is -0.291. The Kier molecular flexibility index (Phi) is 6.83. The molecule has 1 aliphatic heterocycles. The molecule has 1 N–H and O–H groups in total. The van der Waals surface area contributed by atoms with Gasteiger partial charge >= 0.3 is 0 Å². The van der Waals surface area contributed by atoms with Gasteiger partial charge in [-0.05, 0) is 43.3 Å². The van der Waals surface area contributed by atoms with Gasteiger partial charge in [0, 0.05) is 43.8 Å². The lowest BCUT2D eigenvalue weighted by molar-refractivity contribution is 0.102. The van der Waals surface area contributed by atoms with Crippen molar-refractivity contribution in [2.24, 2.45) is 5.92 Å². The first-order valence-electron chi connectivity index (χ1n) is 11.3. The molecule has 34 heavy (non-hydrogen) atoms. The van der Waals surface area contributed by atoms with E-state index in [0.717, 1.165) is 0 Å². The number of carbonyl (C=O) groups excluding carboxylic acids is 1. The van der Waals surface area contributed by atoms with E-state index in [1.165, 1.54) is 21.1 Å². The summed E-state index contributed by atoms with van der Waals surface area (Å²) in [6, 6.07) is 13.0. The summed E-state index contributed by atoms with van der Waals surface area (Å²) in [4.78, 5) is 28.2. The zero-order valence-electron chi connectivity index (χ0n) is 19.6. The third-order valence-corrected chi connectivity index (χ3v) is 7.75. The molecule has 0 bridgehead atoms. The predicted octanol–water partition coefficient (Wildman–Crippen LogP) is 2.24. The summed E-state index contributed by atoms with van der Waals surface area (Å²) in [5.41, 5.74) is 0.346. The van der Waals surface area contributed by atoms with Gasteiger partial charge in [-0.1, -0.05) is 32.0 Å². The van der Waals surface area contributed by atoms with E-state index in [1.54, 1.807) is 36.4 Å². The maximum absolute atomic E-state index is 13.1. The van der Waals surface area contributed by atoms with Gasteiger partial charge in [0.05, 0.1) is 10.3 Å². The number of carbonyl (C=O) groups is 1. The number of likely N-dealkylation sites (N-methyl/N-ethyl adjacent to an activating group) is 1. The van der Waals surface area contributed by atoms with Crippen molar-refractivity contribution in [2.75, 3.05) is 38.5 Å². The summed E-state index contributed by atoms with van der Waals surface area (Å²) in [6.45, 7) is 6.61. The number of benzene rings is 2. The highest BCUT2D eigenvalue weighted by Crippen LogP contribution is 2.21. The number of rotatable bonds is 6. The van der Waals surface area contributed by atoms with E-state index in [9.17, 15) is 18.0 Å². The second-order valence-electron chi connectivity index (χ2n) is 8.96. The Morgan fingerprint density at radius 3 is 2.24 bits per heavy atom. The summed E-state index contributed by atoms with van der Waals surface area (Å²) < 4.78 is 28.7. The lowest BCUT2D eigenvalue weighted by atomic mass is 10.1. The molecule has 0 aliphatic carbocycles. The molecule has 4 rings (SSSR count). The van der Waals surface area contributed by atoms with Crippen molar-refractivity contribution in [3.8, 4) is 0 Å². The molecular weight excluding hydrogens is 454 g/mol. The van der Waals surface area contributed by atoms with E-state index >= 15 is 0 Å². The van der Waals surface area contributed by atoms with Gasteiger partial charge in [0.15, 0.2) is 5.69 Å². The monoisotopic (exact) mass is 483 g/mol. The molecule has 180 valence electrons. The van der Waals surface area contributed by atoms with Crippen LogP contribution in [0.3, 0.4) is 0 Å². The predicted molar refractivity (Wildman–Crippen MR) is 131 cm³/mol. The first-order valence-corrected chi connectivity index (χ1v) is 12.7. The van der Waals surface area contributed by atoms with Crippen molar-refractivity contribution in [3.63, 3.8) is 0 Å². The highest BCUT2D eigenvalue weighted by atomic mass is 32.2. The van der Waals surface area contributed by atoms with Crippen LogP contribution < -0.4 is 10.9 Å². The lowest BCUT2D eigenvalue weighted by Gasteiger charge is -2.31. The Labute approximate surface area is 199 Å². The largest absolute Gasteiger partial charge is 0.321 e. The molecule has 1 aromatic heterocycles. The fourth-order valence-electron chi connectivity index (χ4n) is 3.95. The minimum atomic E-state index is -3.59. The number of sulfonamides is 1. The van der Waals surface area contributed by atoms with Crippen LogP contribution in [0.2, 0.25) is 0 Å². The number of aromatic nitrogens is 2. The summed E-state index contributed by atoms with van der Waals surface area (Å²) in [5, 5.41) is 8.03. The zero-order chi connectivity index (χ0) is 24.5. The minimum absolute atomic E-state index is 0.144. The molecule has 1 amide bonds. The van der Waals surface area contributed by atoms with Crippen molar-refractivity contribution in [2.45, 2.75) is 25.3 Å². The van der Waals surface area contributed by atoms with Crippen LogP contribution in [0.5, 0.6) is 0 Å². The van der Waals surface area contributed by atoms with Crippen LogP contribution in [0.1, 0.15) is 24.3 Å². The molecule has 1 saturated heterocycles. The molecule has 1 fully saturated rings. The molecule has 1 aliphatic rings. The first kappa shape index (κ1) is 24.1. The lowest BCUT2D eigenvalue weighted by Crippen LogP contribution is -2.46. The van der Waals surface area contributed by atoms with Gasteiger partial charge in [-0.15, -0.1) is 0 Å². The Bertz CT molecular complexity index is 1360. The number of hydrogen-bond acceptors (Lipinski definition) is 6. The molecule has 9 nitrogen and oxygen atoms in total. The Balaban J connectivity index is 1.59. The van der Waals surface area contributed by atoms with Crippen LogP contribution in [0.15, 0.2) is 58.2 Å². The van der Waals surface area contributed by atoms with Crippen molar-refractivity contribution in [3.05, 3.63) is 64.6 Å². The topological polar surface area (TPSA) is 105 Å². The highest BCUT2D eigenvalue weighted by molar-refractivity contribution is 7.89. The SMILES string of the molecule is CC(C)Cn1nc(C(=O)Nc2ccc(S(=O)(=O)N3CCN(C)CC3)cc2)c2ccccc2c1=O. The molecule has 0 atom stereocenters. The third-order valence-electron chi connectivity index (χ3n) is 5.83. The number of hydrogen-bond donors (Lipinski definition) is 1. The van der Waals surface area contributed by atoms with Crippen LogP contribution in [-0.2, 0) is 16.6 Å². The molecular formula is C24H29N5O4S. The molecule has 10 heteroatoms. The van der Waals surface area contributed by atoms with Crippen LogP contribution in [0.4, 0.5) is 5.69 Å². The fourth-order valence-corrected chi connectivity index (χ4v) is 5.37. The second kappa shape index (κ2) is 9.65. The minimum Gasteiger partial charge on any atom is -0.321 e. The Hall–Kier alpha value is -3.08. The molecule has 0 saturated carbocycles. The third kappa shape index (κ3) is 4.89. The van der Waals surface area contributed by atoms with Crippen LogP contribution >= 0.6 is 0 Å². The average Bonchev–Trinajstić information content (AvgIpc) is 2.81. The summed E-state index contributed by atoms with van der Waals surface area (Å²) in [7, 11) is -1.62. The number of amides is 1. The smallest absolute Gasteiger partial charge is 0.276 e. The van der Waals surface area contributed by atoms with Gasteiger partial charge in [-0.25, -0.2) is 13.1 Å². The second-order valence-corrected chi connectivity index (χ2v) is 10.9. The van der Waals surface area contributed by atoms with Crippen LogP contribution in [0, 0.1) is 5.92 Å². The van der Waals surface area contributed by atoms with Crippen molar-refractivity contribution >= 4 is 32.4 Å². The standard InChI is InChI=1S/C24H29N5O4S/c1-17(2)16-29-24(31)21-7-5-4-6-20(21)22(26-29)23(30)25-18-8-10-19(11-9-18)34(32,33)28-14-12-27(3)13-15-28/h4-11,17H,12-16H2,1-3H3,(H,25,30). The Morgan fingerprint density at radius 1 is 1.00 bits per heavy atom. The highest BCUT2D eigenvalue weighted by Gasteiger charge is 2.27. The molecule has 0 unspecified atom stereocenters. The van der Waals surface area contributed by atoms with E-state index in [-0.39, 0.29) is 22.1 Å². The average molecular weight is 484 g/mol. The summed E-state index contributed by atoms with van der Waals surface area (Å²) >= 11 is 0. The molecule has 0 radical (unpaired) electrons. The van der Waals surface area contributed by atoms with Crippen LogP contribution in [-0.4, -0.2) is 66.5 Å². The van der Waals surface area contributed by atoms with Crippen molar-refractivity contribution in [1.82, 2.24) is 19.0 Å². The first-order chi connectivity index (χ1) is 16.2. The van der Waals surface area contributed by atoms with E-state index < -0.39 is 15.9 Å². The van der Waals surface area contributed by atoms with Crippen molar-refractivity contribution in [1.29, 1.82) is 0 Å². The molecule has 3 aromatic rings. The van der Waals surface area contributed by atoms with E-state index in [0.29, 0.717) is 49.2 Å². The van der Waals surface area contributed by atoms with Gasteiger partial charge in [0.25, 0.3) is 11.5 Å². The van der Waals surface area contributed by atoms with Gasteiger partial charge in [-0.2, -0.15) is 9.40 Å². The summed E-state index contributed by atoms with van der Waals surface area (Å²) in [6.07, 6.45) is 0. The molecule has 0 spiro atoms. The van der Waals surface area contributed by atoms with Gasteiger partial charge in [0.1, 0.15) is 0 Å². The number of piperazine rings is 1. The van der Waals surface area contributed by atoms with Crippen molar-refractivity contribution < 1.29 is 13.2 Å².